The Morgan fingerprint density at radius 1 is 0.682 bits per heavy atom. The van der Waals surface area contributed by atoms with Crippen molar-refractivity contribution in [2.24, 2.45) is 0 Å². The number of nitrogens with zero attached hydrogens (tertiary/aromatic N) is 1. The second kappa shape index (κ2) is 4.96. The van der Waals surface area contributed by atoms with Crippen molar-refractivity contribution < 1.29 is 0 Å². The van der Waals surface area contributed by atoms with Crippen LogP contribution in [0.3, 0.4) is 0 Å². The molecule has 0 aliphatic rings. The summed E-state index contributed by atoms with van der Waals surface area (Å²) in [6.07, 6.45) is 0. The van der Waals surface area contributed by atoms with Crippen LogP contribution in [0.2, 0.25) is 0 Å². The van der Waals surface area contributed by atoms with Crippen molar-refractivity contribution in [1.82, 2.24) is 4.98 Å². The van der Waals surface area contributed by atoms with Crippen LogP contribution in [0.5, 0.6) is 0 Å². The van der Waals surface area contributed by atoms with Gasteiger partial charge in [0, 0.05) is 10.9 Å². The largest absolute Gasteiger partial charge is 0.247 e. The number of aryl methyl sites for hydroxylation is 2. The number of rotatable bonds is 1. The molecule has 0 atom stereocenters. The topological polar surface area (TPSA) is 12.9 Å². The van der Waals surface area contributed by atoms with Gasteiger partial charge in [-0.2, -0.15) is 0 Å². The summed E-state index contributed by atoms with van der Waals surface area (Å²) in [6, 6.07) is 23.6. The summed E-state index contributed by atoms with van der Waals surface area (Å²) in [5, 5.41) is 3.76. The third-order valence-electron chi connectivity index (χ3n) is 4.29. The summed E-state index contributed by atoms with van der Waals surface area (Å²) in [5.41, 5.74) is 5.82. The highest BCUT2D eigenvalue weighted by molar-refractivity contribution is 5.90. The van der Waals surface area contributed by atoms with Gasteiger partial charge in [0.05, 0.1) is 11.2 Å². The SMILES string of the molecule is Cc1cc(-c2ccc3ccccc3c2)nc2c(C)cccc12. The fourth-order valence-corrected chi connectivity index (χ4v) is 3.06. The van der Waals surface area contributed by atoms with Crippen LogP contribution in [0.15, 0.2) is 66.7 Å². The van der Waals surface area contributed by atoms with Crippen molar-refractivity contribution in [3.05, 3.63) is 77.9 Å². The van der Waals surface area contributed by atoms with E-state index >= 15 is 0 Å². The zero-order valence-corrected chi connectivity index (χ0v) is 12.8. The van der Waals surface area contributed by atoms with E-state index in [0.29, 0.717) is 0 Å². The molecule has 1 heterocycles. The van der Waals surface area contributed by atoms with Crippen molar-refractivity contribution in [1.29, 1.82) is 0 Å². The lowest BCUT2D eigenvalue weighted by molar-refractivity contribution is 1.33. The normalized spacial score (nSPS) is 11.2. The van der Waals surface area contributed by atoms with Crippen LogP contribution in [0.25, 0.3) is 32.9 Å². The molecular weight excluding hydrogens is 266 g/mol. The van der Waals surface area contributed by atoms with Crippen LogP contribution < -0.4 is 0 Å². The smallest absolute Gasteiger partial charge is 0.0741 e. The maximum absolute atomic E-state index is 4.91. The molecule has 4 aromatic rings. The first-order chi connectivity index (χ1) is 10.7. The molecule has 1 heteroatoms. The Morgan fingerprint density at radius 2 is 1.50 bits per heavy atom. The average Bonchev–Trinajstić information content (AvgIpc) is 2.55. The van der Waals surface area contributed by atoms with E-state index < -0.39 is 0 Å². The fraction of sp³-hybridized carbons (Fsp3) is 0.0952. The van der Waals surface area contributed by atoms with Crippen molar-refractivity contribution in [3.63, 3.8) is 0 Å². The van der Waals surface area contributed by atoms with Gasteiger partial charge in [0.25, 0.3) is 0 Å². The van der Waals surface area contributed by atoms with Gasteiger partial charge in [-0.1, -0.05) is 54.6 Å². The molecule has 4 rings (SSSR count). The van der Waals surface area contributed by atoms with Crippen LogP contribution in [0.4, 0.5) is 0 Å². The first-order valence-corrected chi connectivity index (χ1v) is 7.58. The van der Waals surface area contributed by atoms with Crippen LogP contribution in [-0.4, -0.2) is 4.98 Å². The van der Waals surface area contributed by atoms with Crippen molar-refractivity contribution in [3.8, 4) is 11.3 Å². The molecule has 0 aliphatic carbocycles. The zero-order chi connectivity index (χ0) is 15.1. The van der Waals surface area contributed by atoms with E-state index in [1.165, 1.54) is 32.8 Å². The molecule has 3 aromatic carbocycles. The number of pyridine rings is 1. The Balaban J connectivity index is 1.97. The van der Waals surface area contributed by atoms with E-state index in [0.717, 1.165) is 11.2 Å². The number of hydrogen-bond donors (Lipinski definition) is 0. The van der Waals surface area contributed by atoms with E-state index in [9.17, 15) is 0 Å². The van der Waals surface area contributed by atoms with Crippen LogP contribution in [0, 0.1) is 13.8 Å². The molecule has 0 unspecified atom stereocenters. The Kier molecular flexibility index (Phi) is 2.93. The molecule has 0 radical (unpaired) electrons. The molecule has 0 fully saturated rings. The number of benzene rings is 3. The lowest BCUT2D eigenvalue weighted by atomic mass is 10.0. The fourth-order valence-electron chi connectivity index (χ4n) is 3.06. The minimum atomic E-state index is 1.05. The summed E-state index contributed by atoms with van der Waals surface area (Å²) in [7, 11) is 0. The molecule has 0 amide bonds. The van der Waals surface area contributed by atoms with Gasteiger partial charge in [0.15, 0.2) is 0 Å². The summed E-state index contributed by atoms with van der Waals surface area (Å²) < 4.78 is 0. The molecular formula is C21H17N. The maximum atomic E-state index is 4.91. The Hall–Kier alpha value is -2.67. The molecule has 0 bridgehead atoms. The minimum absolute atomic E-state index is 1.05. The van der Waals surface area contributed by atoms with Gasteiger partial charge in [0.2, 0.25) is 0 Å². The Morgan fingerprint density at radius 3 is 2.36 bits per heavy atom. The van der Waals surface area contributed by atoms with Crippen LogP contribution in [-0.2, 0) is 0 Å². The number of para-hydroxylation sites is 1. The van der Waals surface area contributed by atoms with Gasteiger partial charge in [0.1, 0.15) is 0 Å². The number of hydrogen-bond acceptors (Lipinski definition) is 1. The number of aromatic nitrogens is 1. The first-order valence-electron chi connectivity index (χ1n) is 7.58. The Labute approximate surface area is 130 Å². The standard InChI is InChI=1S/C21H17N/c1-14-6-5-9-19-15(2)12-20(22-21(14)19)18-11-10-16-7-3-4-8-17(16)13-18/h3-13H,1-2H3. The summed E-state index contributed by atoms with van der Waals surface area (Å²) in [4.78, 5) is 4.91. The lowest BCUT2D eigenvalue weighted by Crippen LogP contribution is -1.91. The molecule has 106 valence electrons. The van der Waals surface area contributed by atoms with Gasteiger partial charge >= 0.3 is 0 Å². The predicted octanol–water partition coefficient (Wildman–Crippen LogP) is 5.67. The lowest BCUT2D eigenvalue weighted by Gasteiger charge is -2.09. The molecule has 0 saturated heterocycles. The summed E-state index contributed by atoms with van der Waals surface area (Å²) >= 11 is 0. The van der Waals surface area contributed by atoms with E-state index in [1.807, 2.05) is 0 Å². The minimum Gasteiger partial charge on any atom is -0.247 e. The van der Waals surface area contributed by atoms with Crippen LogP contribution in [0.1, 0.15) is 11.1 Å². The third-order valence-corrected chi connectivity index (χ3v) is 4.29. The second-order valence-electron chi connectivity index (χ2n) is 5.86. The highest BCUT2D eigenvalue weighted by Crippen LogP contribution is 2.28. The number of fused-ring (bicyclic) bond motifs is 2. The molecule has 1 nitrogen and oxygen atoms in total. The van der Waals surface area contributed by atoms with E-state index in [-0.39, 0.29) is 0 Å². The second-order valence-corrected chi connectivity index (χ2v) is 5.86. The van der Waals surface area contributed by atoms with Crippen molar-refractivity contribution in [2.45, 2.75) is 13.8 Å². The van der Waals surface area contributed by atoms with Crippen molar-refractivity contribution in [2.75, 3.05) is 0 Å². The van der Waals surface area contributed by atoms with E-state index in [2.05, 4.69) is 80.6 Å². The van der Waals surface area contributed by atoms with Gasteiger partial charge in [-0.3, -0.25) is 0 Å². The van der Waals surface area contributed by atoms with Crippen molar-refractivity contribution >= 4 is 21.7 Å². The highest BCUT2D eigenvalue weighted by Gasteiger charge is 2.07. The molecule has 1 aromatic heterocycles. The third kappa shape index (κ3) is 2.06. The average molecular weight is 283 g/mol. The highest BCUT2D eigenvalue weighted by atomic mass is 14.7. The van der Waals surface area contributed by atoms with Gasteiger partial charge < -0.3 is 0 Å². The van der Waals surface area contributed by atoms with Gasteiger partial charge in [-0.05, 0) is 47.9 Å². The molecule has 22 heavy (non-hydrogen) atoms. The monoisotopic (exact) mass is 283 g/mol. The maximum Gasteiger partial charge on any atom is 0.0741 e. The molecule has 0 N–H and O–H groups in total. The molecule has 0 spiro atoms. The first kappa shape index (κ1) is 13.0. The Bertz CT molecular complexity index is 999. The van der Waals surface area contributed by atoms with Gasteiger partial charge in [-0.15, -0.1) is 0 Å². The quantitative estimate of drug-likeness (QED) is 0.438. The molecule has 0 aliphatic heterocycles. The molecule has 0 saturated carbocycles. The van der Waals surface area contributed by atoms with Crippen LogP contribution >= 0.6 is 0 Å². The van der Waals surface area contributed by atoms with E-state index in [1.54, 1.807) is 0 Å². The van der Waals surface area contributed by atoms with Gasteiger partial charge in [-0.25, -0.2) is 4.98 Å². The predicted molar refractivity (Wildman–Crippen MR) is 94.2 cm³/mol. The summed E-state index contributed by atoms with van der Waals surface area (Å²) in [5.74, 6) is 0. The van der Waals surface area contributed by atoms with E-state index in [4.69, 9.17) is 4.98 Å². The zero-order valence-electron chi connectivity index (χ0n) is 12.8. The summed E-state index contributed by atoms with van der Waals surface area (Å²) in [6.45, 7) is 4.28.